The number of carbonyl (C=O) groups excluding carboxylic acids is 2. The van der Waals surface area contributed by atoms with Gasteiger partial charge >= 0.3 is 12.0 Å². The van der Waals surface area contributed by atoms with Crippen LogP contribution in [0.1, 0.15) is 6.42 Å². The minimum absolute atomic E-state index is 0.408. The van der Waals surface area contributed by atoms with E-state index in [1.165, 1.54) is 4.90 Å². The SMILES string of the molecule is CN1CCN(C(=O)N[C@H](CC(N)=O)C(=O)O)CC1. The number of nitrogens with one attached hydrogen (secondary N) is 1. The second kappa shape index (κ2) is 6.20. The molecule has 0 aromatic rings. The largest absolute Gasteiger partial charge is 0.480 e. The Hall–Kier alpha value is -1.83. The zero-order valence-corrected chi connectivity index (χ0v) is 10.3. The Morgan fingerprint density at radius 1 is 1.28 bits per heavy atom. The molecule has 102 valence electrons. The van der Waals surface area contributed by atoms with Crippen molar-refractivity contribution in [2.24, 2.45) is 5.73 Å². The first kappa shape index (κ1) is 14.2. The van der Waals surface area contributed by atoms with Crippen LogP contribution in [-0.2, 0) is 9.59 Å². The molecule has 0 aromatic heterocycles. The highest BCUT2D eigenvalue weighted by Gasteiger charge is 2.26. The molecule has 1 heterocycles. The van der Waals surface area contributed by atoms with Crippen LogP contribution < -0.4 is 11.1 Å². The first-order valence-corrected chi connectivity index (χ1v) is 5.65. The highest BCUT2D eigenvalue weighted by atomic mass is 16.4. The summed E-state index contributed by atoms with van der Waals surface area (Å²) in [4.78, 5) is 36.9. The van der Waals surface area contributed by atoms with Crippen LogP contribution in [0.15, 0.2) is 0 Å². The lowest BCUT2D eigenvalue weighted by Gasteiger charge is -2.33. The molecule has 8 nitrogen and oxygen atoms in total. The third-order valence-electron chi connectivity index (χ3n) is 2.79. The molecule has 0 radical (unpaired) electrons. The maximum Gasteiger partial charge on any atom is 0.326 e. The van der Waals surface area contributed by atoms with Gasteiger partial charge in [-0.3, -0.25) is 4.79 Å². The zero-order chi connectivity index (χ0) is 13.7. The monoisotopic (exact) mass is 258 g/mol. The molecule has 1 saturated heterocycles. The maximum absolute atomic E-state index is 11.8. The minimum Gasteiger partial charge on any atom is -0.480 e. The van der Waals surface area contributed by atoms with E-state index >= 15 is 0 Å². The van der Waals surface area contributed by atoms with Crippen molar-refractivity contribution < 1.29 is 19.5 Å². The van der Waals surface area contributed by atoms with Crippen LogP contribution >= 0.6 is 0 Å². The molecule has 0 spiro atoms. The summed E-state index contributed by atoms with van der Waals surface area (Å²) in [6, 6.07) is -1.74. The fraction of sp³-hybridized carbons (Fsp3) is 0.700. The molecule has 0 saturated carbocycles. The first-order valence-electron chi connectivity index (χ1n) is 5.65. The number of rotatable bonds is 4. The number of nitrogens with two attached hydrogens (primary N) is 1. The van der Waals surface area contributed by atoms with Crippen LogP contribution in [0, 0.1) is 0 Å². The van der Waals surface area contributed by atoms with E-state index in [-0.39, 0.29) is 0 Å². The Labute approximate surface area is 105 Å². The quantitative estimate of drug-likeness (QED) is 0.554. The van der Waals surface area contributed by atoms with E-state index in [1.807, 2.05) is 7.05 Å². The summed E-state index contributed by atoms with van der Waals surface area (Å²) in [5.74, 6) is -2.03. The summed E-state index contributed by atoms with van der Waals surface area (Å²) in [6.45, 7) is 2.54. The van der Waals surface area contributed by atoms with E-state index in [2.05, 4.69) is 10.2 Å². The predicted molar refractivity (Wildman–Crippen MR) is 62.8 cm³/mol. The van der Waals surface area contributed by atoms with E-state index in [9.17, 15) is 14.4 Å². The molecule has 1 fully saturated rings. The first-order chi connectivity index (χ1) is 8.40. The Morgan fingerprint density at radius 3 is 2.28 bits per heavy atom. The third-order valence-corrected chi connectivity index (χ3v) is 2.79. The molecule has 1 atom stereocenters. The van der Waals surface area contributed by atoms with Gasteiger partial charge in [0.05, 0.1) is 6.42 Å². The number of primary amides is 1. The molecular weight excluding hydrogens is 240 g/mol. The number of hydrogen-bond donors (Lipinski definition) is 3. The van der Waals surface area contributed by atoms with Gasteiger partial charge in [-0.25, -0.2) is 9.59 Å². The van der Waals surface area contributed by atoms with Crippen molar-refractivity contribution in [1.82, 2.24) is 15.1 Å². The number of aliphatic carboxylic acids is 1. The fourth-order valence-corrected chi connectivity index (χ4v) is 1.65. The molecule has 3 amide bonds. The highest BCUT2D eigenvalue weighted by Crippen LogP contribution is 2.01. The van der Waals surface area contributed by atoms with Crippen LogP contribution in [0.4, 0.5) is 4.79 Å². The van der Waals surface area contributed by atoms with E-state index < -0.39 is 30.4 Å². The standard InChI is InChI=1S/C10H18N4O4/c1-13-2-4-14(5-3-13)10(18)12-7(9(16)17)6-8(11)15/h7H,2-6H2,1H3,(H2,11,15)(H,12,18)(H,16,17)/t7-/m1/s1. The summed E-state index contributed by atoms with van der Waals surface area (Å²) in [5.41, 5.74) is 4.93. The zero-order valence-electron chi connectivity index (χ0n) is 10.3. The van der Waals surface area contributed by atoms with Gasteiger partial charge in [0.15, 0.2) is 0 Å². The van der Waals surface area contributed by atoms with Crippen LogP contribution in [-0.4, -0.2) is 72.1 Å². The van der Waals surface area contributed by atoms with Crippen LogP contribution in [0.2, 0.25) is 0 Å². The van der Waals surface area contributed by atoms with Gasteiger partial charge in [0.25, 0.3) is 0 Å². The molecule has 0 aromatic carbocycles. The molecule has 1 aliphatic rings. The van der Waals surface area contributed by atoms with Gasteiger partial charge in [-0.2, -0.15) is 0 Å². The van der Waals surface area contributed by atoms with E-state index in [0.717, 1.165) is 13.1 Å². The summed E-state index contributed by atoms with van der Waals surface area (Å²) < 4.78 is 0. The number of piperazine rings is 1. The summed E-state index contributed by atoms with van der Waals surface area (Å²) in [7, 11) is 1.95. The highest BCUT2D eigenvalue weighted by molar-refractivity contribution is 5.87. The van der Waals surface area contributed by atoms with E-state index in [1.54, 1.807) is 0 Å². The van der Waals surface area contributed by atoms with Crippen molar-refractivity contribution in [1.29, 1.82) is 0 Å². The summed E-state index contributed by atoms with van der Waals surface area (Å²) in [6.07, 6.45) is -0.408. The van der Waals surface area contributed by atoms with Gasteiger partial charge in [-0.05, 0) is 7.05 Å². The van der Waals surface area contributed by atoms with Gasteiger partial charge in [-0.15, -0.1) is 0 Å². The Balaban J connectivity index is 2.50. The molecule has 4 N–H and O–H groups in total. The molecule has 1 aliphatic heterocycles. The number of nitrogens with zero attached hydrogens (tertiary/aromatic N) is 2. The molecule has 18 heavy (non-hydrogen) atoms. The number of urea groups is 1. The minimum atomic E-state index is -1.27. The molecule has 1 rings (SSSR count). The maximum atomic E-state index is 11.8. The van der Waals surface area contributed by atoms with Crippen molar-refractivity contribution >= 4 is 17.9 Å². The second-order valence-corrected chi connectivity index (χ2v) is 4.30. The number of likely N-dealkylation sites (N-methyl/N-ethyl adjacent to an activating group) is 1. The smallest absolute Gasteiger partial charge is 0.326 e. The number of amides is 3. The third kappa shape index (κ3) is 4.21. The van der Waals surface area contributed by atoms with Crippen molar-refractivity contribution in [2.75, 3.05) is 33.2 Å². The lowest BCUT2D eigenvalue weighted by molar-refractivity contribution is -0.141. The van der Waals surface area contributed by atoms with Crippen molar-refractivity contribution in [3.05, 3.63) is 0 Å². The lowest BCUT2D eigenvalue weighted by atomic mass is 10.2. The average molecular weight is 258 g/mol. The van der Waals surface area contributed by atoms with Gasteiger partial charge in [0, 0.05) is 26.2 Å². The molecule has 0 bridgehead atoms. The van der Waals surface area contributed by atoms with E-state index in [4.69, 9.17) is 10.8 Å². The van der Waals surface area contributed by atoms with E-state index in [0.29, 0.717) is 13.1 Å². The molecular formula is C10H18N4O4. The predicted octanol–water partition coefficient (Wildman–Crippen LogP) is -1.73. The number of hydrogen-bond acceptors (Lipinski definition) is 4. The average Bonchev–Trinajstić information content (AvgIpc) is 2.28. The Bertz CT molecular complexity index is 339. The Morgan fingerprint density at radius 2 is 1.83 bits per heavy atom. The van der Waals surface area contributed by atoms with Gasteiger partial charge in [-0.1, -0.05) is 0 Å². The van der Waals surface area contributed by atoms with Crippen molar-refractivity contribution in [2.45, 2.75) is 12.5 Å². The number of carboxylic acids is 1. The normalized spacial score (nSPS) is 18.2. The van der Waals surface area contributed by atoms with Gasteiger partial charge in [0.2, 0.25) is 5.91 Å². The topological polar surface area (TPSA) is 116 Å². The molecule has 0 aliphatic carbocycles. The van der Waals surface area contributed by atoms with Crippen molar-refractivity contribution in [3.63, 3.8) is 0 Å². The number of carboxylic acid groups (broad SMARTS) is 1. The van der Waals surface area contributed by atoms with Crippen LogP contribution in [0.25, 0.3) is 0 Å². The van der Waals surface area contributed by atoms with Crippen LogP contribution in [0.3, 0.4) is 0 Å². The second-order valence-electron chi connectivity index (χ2n) is 4.30. The Kier molecular flexibility index (Phi) is 4.90. The lowest BCUT2D eigenvalue weighted by Crippen LogP contribution is -2.54. The number of carbonyl (C=O) groups is 3. The van der Waals surface area contributed by atoms with Crippen molar-refractivity contribution in [3.8, 4) is 0 Å². The summed E-state index contributed by atoms with van der Waals surface area (Å²) in [5, 5.41) is 11.2. The van der Waals surface area contributed by atoms with Crippen LogP contribution in [0.5, 0.6) is 0 Å². The van der Waals surface area contributed by atoms with Gasteiger partial charge < -0.3 is 26.0 Å². The molecule has 8 heteroatoms. The molecule has 0 unspecified atom stereocenters. The summed E-state index contributed by atoms with van der Waals surface area (Å²) >= 11 is 0. The fourth-order valence-electron chi connectivity index (χ4n) is 1.65. The van der Waals surface area contributed by atoms with Gasteiger partial charge in [0.1, 0.15) is 6.04 Å².